The smallest absolute Gasteiger partial charge is 0.0506 e. The molecule has 1 nitrogen and oxygen atoms in total. The van der Waals surface area contributed by atoms with Crippen LogP contribution in [0.15, 0.2) is 34.3 Å². The first-order chi connectivity index (χ1) is 7.04. The van der Waals surface area contributed by atoms with Crippen molar-refractivity contribution in [3.63, 3.8) is 0 Å². The molecule has 0 amide bonds. The van der Waals surface area contributed by atoms with E-state index in [1.165, 1.54) is 21.2 Å². The van der Waals surface area contributed by atoms with E-state index in [0.717, 1.165) is 0 Å². The van der Waals surface area contributed by atoms with Crippen molar-refractivity contribution in [1.29, 1.82) is 0 Å². The van der Waals surface area contributed by atoms with Gasteiger partial charge in [-0.25, -0.2) is 0 Å². The van der Waals surface area contributed by atoms with Gasteiger partial charge in [-0.1, -0.05) is 39.7 Å². The summed E-state index contributed by atoms with van der Waals surface area (Å²) in [7, 11) is 1.99. The summed E-state index contributed by atoms with van der Waals surface area (Å²) in [5, 5.41) is 3.30. The Hall–Kier alpha value is -0.600. The average molecular weight is 268 g/mol. The average Bonchev–Trinajstić information content (AvgIpc) is 2.18. The largest absolute Gasteiger partial charge is 0.310 e. The van der Waals surface area contributed by atoms with E-state index in [9.17, 15) is 0 Å². The Morgan fingerprint density at radius 3 is 2.53 bits per heavy atom. The number of nitrogens with one attached hydrogen (secondary N) is 1. The van der Waals surface area contributed by atoms with Crippen molar-refractivity contribution in [2.45, 2.75) is 26.8 Å². The number of benzene rings is 1. The standard InChI is InChI=1S/C13H18BrN/c1-9(2)7-13(15-4)11-5-6-12(14)10(3)8-11/h5-8,13,15H,1-4H3. The van der Waals surface area contributed by atoms with E-state index < -0.39 is 0 Å². The number of likely N-dealkylation sites (N-methyl/N-ethyl adjacent to an activating group) is 1. The summed E-state index contributed by atoms with van der Waals surface area (Å²) in [6.45, 7) is 6.36. The van der Waals surface area contributed by atoms with Crippen LogP contribution in [0.5, 0.6) is 0 Å². The molecule has 0 saturated heterocycles. The van der Waals surface area contributed by atoms with E-state index >= 15 is 0 Å². The van der Waals surface area contributed by atoms with Crippen molar-refractivity contribution in [3.05, 3.63) is 45.4 Å². The maximum Gasteiger partial charge on any atom is 0.0506 e. The molecule has 1 unspecified atom stereocenters. The number of aryl methyl sites for hydroxylation is 1. The first-order valence-electron chi connectivity index (χ1n) is 5.13. The van der Waals surface area contributed by atoms with E-state index in [0.29, 0.717) is 6.04 Å². The predicted molar refractivity (Wildman–Crippen MR) is 70.1 cm³/mol. The Balaban J connectivity index is 3.03. The molecule has 0 aliphatic rings. The normalized spacial score (nSPS) is 12.3. The van der Waals surface area contributed by atoms with Crippen LogP contribution in [0.25, 0.3) is 0 Å². The Bertz CT molecular complexity index is 365. The first kappa shape index (κ1) is 12.5. The summed E-state index contributed by atoms with van der Waals surface area (Å²) in [4.78, 5) is 0. The van der Waals surface area contributed by atoms with Gasteiger partial charge < -0.3 is 5.32 Å². The minimum absolute atomic E-state index is 0.307. The lowest BCUT2D eigenvalue weighted by Gasteiger charge is -2.14. The van der Waals surface area contributed by atoms with Crippen LogP contribution in [0.1, 0.15) is 31.0 Å². The molecule has 0 spiro atoms. The van der Waals surface area contributed by atoms with Gasteiger partial charge in [-0.2, -0.15) is 0 Å². The van der Waals surface area contributed by atoms with Gasteiger partial charge in [0.05, 0.1) is 6.04 Å². The summed E-state index contributed by atoms with van der Waals surface area (Å²) < 4.78 is 1.17. The summed E-state index contributed by atoms with van der Waals surface area (Å²) in [5.41, 5.74) is 3.91. The fraction of sp³-hybridized carbons (Fsp3) is 0.385. The van der Waals surface area contributed by atoms with E-state index in [1.54, 1.807) is 0 Å². The van der Waals surface area contributed by atoms with Crippen LogP contribution in [-0.2, 0) is 0 Å². The molecule has 1 N–H and O–H groups in total. The molecule has 0 aliphatic heterocycles. The Morgan fingerprint density at radius 2 is 2.07 bits per heavy atom. The van der Waals surface area contributed by atoms with Crippen LogP contribution in [-0.4, -0.2) is 7.05 Å². The summed E-state index contributed by atoms with van der Waals surface area (Å²) >= 11 is 3.52. The molecular weight excluding hydrogens is 250 g/mol. The second-order valence-electron chi connectivity index (χ2n) is 4.02. The molecule has 1 aromatic carbocycles. The summed E-state index contributed by atoms with van der Waals surface area (Å²) in [6, 6.07) is 6.78. The maximum absolute atomic E-state index is 3.52. The Kier molecular flexibility index (Phi) is 4.55. The molecule has 0 aromatic heterocycles. The van der Waals surface area contributed by atoms with Crippen LogP contribution in [0.3, 0.4) is 0 Å². The van der Waals surface area contributed by atoms with Crippen LogP contribution in [0.2, 0.25) is 0 Å². The zero-order valence-electron chi connectivity index (χ0n) is 9.76. The molecule has 15 heavy (non-hydrogen) atoms. The molecule has 1 aromatic rings. The monoisotopic (exact) mass is 267 g/mol. The Morgan fingerprint density at radius 1 is 1.40 bits per heavy atom. The molecule has 0 heterocycles. The van der Waals surface area contributed by atoms with E-state index in [2.05, 4.69) is 66.3 Å². The van der Waals surface area contributed by atoms with Gasteiger partial charge in [0.25, 0.3) is 0 Å². The van der Waals surface area contributed by atoms with Gasteiger partial charge in [0, 0.05) is 4.47 Å². The molecular formula is C13H18BrN. The van der Waals surface area contributed by atoms with Crippen molar-refractivity contribution >= 4 is 15.9 Å². The van der Waals surface area contributed by atoms with Crippen molar-refractivity contribution in [1.82, 2.24) is 5.32 Å². The molecule has 0 saturated carbocycles. The first-order valence-corrected chi connectivity index (χ1v) is 5.92. The third kappa shape index (κ3) is 3.47. The highest BCUT2D eigenvalue weighted by molar-refractivity contribution is 9.10. The van der Waals surface area contributed by atoms with E-state index in [1.807, 2.05) is 7.05 Å². The molecule has 0 bridgehead atoms. The van der Waals surface area contributed by atoms with Gasteiger partial charge in [0.15, 0.2) is 0 Å². The maximum atomic E-state index is 3.52. The molecule has 2 heteroatoms. The molecule has 1 rings (SSSR count). The number of rotatable bonds is 3. The quantitative estimate of drug-likeness (QED) is 0.817. The third-order valence-electron chi connectivity index (χ3n) is 2.35. The zero-order valence-corrected chi connectivity index (χ0v) is 11.4. The second kappa shape index (κ2) is 5.47. The molecule has 0 aliphatic carbocycles. The number of halogens is 1. The number of allylic oxidation sites excluding steroid dienone is 1. The van der Waals surface area contributed by atoms with Gasteiger partial charge >= 0.3 is 0 Å². The lowest BCUT2D eigenvalue weighted by Crippen LogP contribution is -2.14. The third-order valence-corrected chi connectivity index (χ3v) is 3.24. The van der Waals surface area contributed by atoms with Gasteiger partial charge in [-0.3, -0.25) is 0 Å². The lowest BCUT2D eigenvalue weighted by atomic mass is 10.0. The fourth-order valence-corrected chi connectivity index (χ4v) is 1.79. The van der Waals surface area contributed by atoms with Gasteiger partial charge in [-0.05, 0) is 45.0 Å². The minimum atomic E-state index is 0.307. The van der Waals surface area contributed by atoms with E-state index in [-0.39, 0.29) is 0 Å². The van der Waals surface area contributed by atoms with Gasteiger partial charge in [0.1, 0.15) is 0 Å². The van der Waals surface area contributed by atoms with Crippen molar-refractivity contribution in [3.8, 4) is 0 Å². The molecule has 0 radical (unpaired) electrons. The zero-order chi connectivity index (χ0) is 11.4. The highest BCUT2D eigenvalue weighted by Gasteiger charge is 2.06. The van der Waals surface area contributed by atoms with Gasteiger partial charge in [0.2, 0.25) is 0 Å². The number of hydrogen-bond donors (Lipinski definition) is 1. The van der Waals surface area contributed by atoms with Crippen molar-refractivity contribution in [2.75, 3.05) is 7.05 Å². The van der Waals surface area contributed by atoms with Crippen molar-refractivity contribution in [2.24, 2.45) is 0 Å². The summed E-state index contributed by atoms with van der Waals surface area (Å²) in [5.74, 6) is 0. The topological polar surface area (TPSA) is 12.0 Å². The van der Waals surface area contributed by atoms with Crippen LogP contribution >= 0.6 is 15.9 Å². The van der Waals surface area contributed by atoms with Crippen LogP contribution in [0.4, 0.5) is 0 Å². The lowest BCUT2D eigenvalue weighted by molar-refractivity contribution is 0.709. The van der Waals surface area contributed by atoms with E-state index in [4.69, 9.17) is 0 Å². The number of hydrogen-bond acceptors (Lipinski definition) is 1. The molecule has 82 valence electrons. The highest BCUT2D eigenvalue weighted by atomic mass is 79.9. The fourth-order valence-electron chi connectivity index (χ4n) is 1.54. The highest BCUT2D eigenvalue weighted by Crippen LogP contribution is 2.22. The van der Waals surface area contributed by atoms with Crippen LogP contribution in [0, 0.1) is 6.92 Å². The minimum Gasteiger partial charge on any atom is -0.310 e. The van der Waals surface area contributed by atoms with Crippen molar-refractivity contribution < 1.29 is 0 Å². The SMILES string of the molecule is CNC(C=C(C)C)c1ccc(Br)c(C)c1. The van der Waals surface area contributed by atoms with Crippen LogP contribution < -0.4 is 5.32 Å². The van der Waals surface area contributed by atoms with Gasteiger partial charge in [-0.15, -0.1) is 0 Å². The molecule has 1 atom stereocenters. The molecule has 0 fully saturated rings. The second-order valence-corrected chi connectivity index (χ2v) is 4.87. The Labute approximate surface area is 101 Å². The summed E-state index contributed by atoms with van der Waals surface area (Å²) in [6.07, 6.45) is 2.24. The predicted octanol–water partition coefficient (Wildman–Crippen LogP) is 3.98.